The molecule has 6 heteroatoms. The van der Waals surface area contributed by atoms with Crippen molar-refractivity contribution in [1.82, 2.24) is 10.2 Å². The normalized spacial score (nSPS) is 12.7. The van der Waals surface area contributed by atoms with Crippen molar-refractivity contribution in [2.24, 2.45) is 0 Å². The molecule has 0 amide bonds. The zero-order valence-electron chi connectivity index (χ0n) is 8.95. The largest absolute Gasteiger partial charge is 0.419 e. The lowest BCUT2D eigenvalue weighted by Crippen LogP contribution is -1.86. The number of benzene rings is 1. The van der Waals surface area contributed by atoms with E-state index >= 15 is 0 Å². The van der Waals surface area contributed by atoms with Gasteiger partial charge in [-0.1, -0.05) is 34.5 Å². The summed E-state index contributed by atoms with van der Waals surface area (Å²) in [5, 5.41) is 8.62. The number of alkyl halides is 1. The van der Waals surface area contributed by atoms with Gasteiger partial charge in [-0.2, -0.15) is 0 Å². The standard InChI is InChI=1S/C11H9Br2ClN2O/c1-2-7(12)11-16-15-10(17-11)6-3-4-8(13)9(14)5-6/h3-5,7H,2H2,1H3. The molecule has 1 aromatic heterocycles. The van der Waals surface area contributed by atoms with E-state index in [9.17, 15) is 0 Å². The zero-order valence-corrected chi connectivity index (χ0v) is 12.9. The van der Waals surface area contributed by atoms with Crippen molar-refractivity contribution in [3.05, 3.63) is 33.6 Å². The van der Waals surface area contributed by atoms with E-state index in [0.717, 1.165) is 16.5 Å². The second kappa shape index (κ2) is 5.50. The molecule has 0 fully saturated rings. The summed E-state index contributed by atoms with van der Waals surface area (Å²) in [6.07, 6.45) is 0.892. The summed E-state index contributed by atoms with van der Waals surface area (Å²) in [5.74, 6) is 1.06. The third kappa shape index (κ3) is 2.89. The molecule has 2 rings (SSSR count). The second-order valence-electron chi connectivity index (χ2n) is 3.45. The van der Waals surface area contributed by atoms with Crippen molar-refractivity contribution in [3.8, 4) is 11.5 Å². The van der Waals surface area contributed by atoms with E-state index in [1.165, 1.54) is 0 Å². The first-order chi connectivity index (χ1) is 8.11. The first kappa shape index (κ1) is 13.1. The molecule has 0 aliphatic carbocycles. The SMILES string of the molecule is CCC(Br)c1nnc(-c2ccc(Br)c(Cl)c2)o1. The van der Waals surface area contributed by atoms with Crippen LogP contribution in [0.4, 0.5) is 0 Å². The topological polar surface area (TPSA) is 38.9 Å². The number of aromatic nitrogens is 2. The van der Waals surface area contributed by atoms with Crippen molar-refractivity contribution in [1.29, 1.82) is 0 Å². The molecule has 0 saturated carbocycles. The Labute approximate surface area is 121 Å². The summed E-state index contributed by atoms with van der Waals surface area (Å²) in [7, 11) is 0. The van der Waals surface area contributed by atoms with Crippen LogP contribution in [0.15, 0.2) is 27.1 Å². The van der Waals surface area contributed by atoms with Crippen molar-refractivity contribution in [2.75, 3.05) is 0 Å². The van der Waals surface area contributed by atoms with Crippen LogP contribution < -0.4 is 0 Å². The fraction of sp³-hybridized carbons (Fsp3) is 0.273. The van der Waals surface area contributed by atoms with Crippen LogP contribution in [0.25, 0.3) is 11.5 Å². The lowest BCUT2D eigenvalue weighted by Gasteiger charge is -1.99. The monoisotopic (exact) mass is 378 g/mol. The molecule has 0 aliphatic rings. The highest BCUT2D eigenvalue weighted by Gasteiger charge is 2.15. The van der Waals surface area contributed by atoms with E-state index in [1.54, 1.807) is 6.07 Å². The van der Waals surface area contributed by atoms with E-state index in [1.807, 2.05) is 19.1 Å². The minimum absolute atomic E-state index is 0.0923. The molecule has 90 valence electrons. The molecule has 1 heterocycles. The van der Waals surface area contributed by atoms with Crippen LogP contribution >= 0.6 is 43.5 Å². The predicted molar refractivity (Wildman–Crippen MR) is 74.4 cm³/mol. The maximum atomic E-state index is 6.01. The summed E-state index contributed by atoms with van der Waals surface area (Å²) in [4.78, 5) is 0.0923. The van der Waals surface area contributed by atoms with E-state index in [0.29, 0.717) is 16.8 Å². The van der Waals surface area contributed by atoms with Gasteiger partial charge in [0.25, 0.3) is 0 Å². The molecule has 17 heavy (non-hydrogen) atoms. The van der Waals surface area contributed by atoms with Gasteiger partial charge < -0.3 is 4.42 Å². The van der Waals surface area contributed by atoms with Crippen LogP contribution in [-0.2, 0) is 0 Å². The molecule has 0 spiro atoms. The third-order valence-corrected chi connectivity index (χ3v) is 4.51. The lowest BCUT2D eigenvalue weighted by molar-refractivity contribution is 0.500. The number of hydrogen-bond donors (Lipinski definition) is 0. The van der Waals surface area contributed by atoms with Crippen molar-refractivity contribution in [3.63, 3.8) is 0 Å². The number of halogens is 3. The highest BCUT2D eigenvalue weighted by molar-refractivity contribution is 9.10. The lowest BCUT2D eigenvalue weighted by atomic mass is 10.2. The van der Waals surface area contributed by atoms with Gasteiger partial charge >= 0.3 is 0 Å². The second-order valence-corrected chi connectivity index (χ2v) is 5.82. The van der Waals surface area contributed by atoms with Crippen LogP contribution in [0.5, 0.6) is 0 Å². The van der Waals surface area contributed by atoms with Gasteiger partial charge in [-0.3, -0.25) is 0 Å². The van der Waals surface area contributed by atoms with E-state index in [-0.39, 0.29) is 4.83 Å². The van der Waals surface area contributed by atoms with Gasteiger partial charge in [-0.05, 0) is 40.5 Å². The van der Waals surface area contributed by atoms with Crippen LogP contribution in [0.2, 0.25) is 5.02 Å². The minimum atomic E-state index is 0.0923. The first-order valence-electron chi connectivity index (χ1n) is 5.04. The first-order valence-corrected chi connectivity index (χ1v) is 7.13. The Morgan fingerprint density at radius 2 is 2.18 bits per heavy atom. The quantitative estimate of drug-likeness (QED) is 0.704. The zero-order chi connectivity index (χ0) is 12.4. The van der Waals surface area contributed by atoms with Crippen LogP contribution in [-0.4, -0.2) is 10.2 Å². The average Bonchev–Trinajstić information content (AvgIpc) is 2.81. The number of hydrogen-bond acceptors (Lipinski definition) is 3. The molecule has 0 radical (unpaired) electrons. The number of rotatable bonds is 3. The molecular weight excluding hydrogens is 371 g/mol. The Hall–Kier alpha value is -0.390. The Morgan fingerprint density at radius 1 is 1.41 bits per heavy atom. The van der Waals surface area contributed by atoms with Crippen LogP contribution in [0.1, 0.15) is 24.1 Å². The van der Waals surface area contributed by atoms with Crippen molar-refractivity contribution < 1.29 is 4.42 Å². The Morgan fingerprint density at radius 3 is 2.82 bits per heavy atom. The molecular formula is C11H9Br2ClN2O. The number of nitrogens with zero attached hydrogens (tertiary/aromatic N) is 2. The van der Waals surface area contributed by atoms with Crippen molar-refractivity contribution in [2.45, 2.75) is 18.2 Å². The molecule has 0 bridgehead atoms. The molecule has 0 saturated heterocycles. The smallest absolute Gasteiger partial charge is 0.247 e. The Bertz CT molecular complexity index is 530. The summed E-state index contributed by atoms with van der Waals surface area (Å²) < 4.78 is 6.42. The highest BCUT2D eigenvalue weighted by Crippen LogP contribution is 2.30. The average molecular weight is 380 g/mol. The van der Waals surface area contributed by atoms with Gasteiger partial charge in [0, 0.05) is 10.0 Å². The molecule has 1 unspecified atom stereocenters. The molecule has 1 aromatic carbocycles. The van der Waals surface area contributed by atoms with E-state index in [4.69, 9.17) is 16.0 Å². The highest BCUT2D eigenvalue weighted by atomic mass is 79.9. The summed E-state index contributed by atoms with van der Waals surface area (Å²) in [6.45, 7) is 2.04. The Balaban J connectivity index is 2.33. The van der Waals surface area contributed by atoms with E-state index < -0.39 is 0 Å². The molecule has 0 N–H and O–H groups in total. The van der Waals surface area contributed by atoms with Crippen LogP contribution in [0, 0.1) is 0 Å². The maximum Gasteiger partial charge on any atom is 0.247 e. The fourth-order valence-electron chi connectivity index (χ4n) is 1.28. The van der Waals surface area contributed by atoms with Gasteiger partial charge in [0.1, 0.15) is 0 Å². The predicted octanol–water partition coefficient (Wildman–Crippen LogP) is 5.00. The van der Waals surface area contributed by atoms with Gasteiger partial charge in [-0.15, -0.1) is 10.2 Å². The third-order valence-electron chi connectivity index (χ3n) is 2.23. The van der Waals surface area contributed by atoms with Gasteiger partial charge in [0.05, 0.1) is 9.85 Å². The molecule has 2 aromatic rings. The summed E-state index contributed by atoms with van der Waals surface area (Å²) >= 11 is 12.8. The summed E-state index contributed by atoms with van der Waals surface area (Å²) in [6, 6.07) is 5.52. The molecule has 3 nitrogen and oxygen atoms in total. The molecule has 0 aliphatic heterocycles. The Kier molecular flexibility index (Phi) is 4.22. The van der Waals surface area contributed by atoms with Crippen LogP contribution in [0.3, 0.4) is 0 Å². The summed E-state index contributed by atoms with van der Waals surface area (Å²) in [5.41, 5.74) is 0.813. The van der Waals surface area contributed by atoms with Gasteiger partial charge in [-0.25, -0.2) is 0 Å². The van der Waals surface area contributed by atoms with Gasteiger partial charge in [0.15, 0.2) is 0 Å². The van der Waals surface area contributed by atoms with Crippen molar-refractivity contribution >= 4 is 43.5 Å². The minimum Gasteiger partial charge on any atom is -0.419 e. The fourth-order valence-corrected chi connectivity index (χ4v) is 1.89. The molecule has 1 atom stereocenters. The van der Waals surface area contributed by atoms with E-state index in [2.05, 4.69) is 42.1 Å². The van der Waals surface area contributed by atoms with Gasteiger partial charge in [0.2, 0.25) is 11.8 Å². The maximum absolute atomic E-state index is 6.01.